The number of thiazole rings is 1. The quantitative estimate of drug-likeness (QED) is 0.932. The molecule has 98 valence electrons. The molecule has 2 rings (SSSR count). The Kier molecular flexibility index (Phi) is 4.30. The predicted molar refractivity (Wildman–Crippen MR) is 77.4 cm³/mol. The highest BCUT2D eigenvalue weighted by atomic mass is 32.1. The smallest absolute Gasteiger partial charge is 0.262 e. The Morgan fingerprint density at radius 1 is 1.42 bits per heavy atom. The van der Waals surface area contributed by atoms with Gasteiger partial charge in [0.2, 0.25) is 0 Å². The van der Waals surface area contributed by atoms with Gasteiger partial charge in [-0.25, -0.2) is 4.98 Å². The lowest BCUT2D eigenvalue weighted by molar-refractivity contribution is 0.0967. The van der Waals surface area contributed by atoms with E-state index in [1.54, 1.807) is 20.4 Å². The van der Waals surface area contributed by atoms with Gasteiger partial charge in [-0.3, -0.25) is 4.79 Å². The van der Waals surface area contributed by atoms with Crippen LogP contribution in [0.4, 0.5) is 0 Å². The number of amides is 1. The number of hydrogen-bond donors (Lipinski definition) is 1. The summed E-state index contributed by atoms with van der Waals surface area (Å²) in [6.07, 6.45) is 5.40. The van der Waals surface area contributed by atoms with Crippen molar-refractivity contribution >= 4 is 29.4 Å². The van der Waals surface area contributed by atoms with Crippen molar-refractivity contribution in [3.63, 3.8) is 0 Å². The third kappa shape index (κ3) is 3.42. The van der Waals surface area contributed by atoms with Gasteiger partial charge in [0, 0.05) is 7.05 Å². The molecular weight excluding hydrogens is 260 g/mol. The second-order valence-corrected chi connectivity index (χ2v) is 4.81. The summed E-state index contributed by atoms with van der Waals surface area (Å²) in [5, 5.41) is 3.37. The van der Waals surface area contributed by atoms with E-state index in [1.165, 1.54) is 11.3 Å². The Labute approximate surface area is 115 Å². The molecule has 1 amide bonds. The Hall–Kier alpha value is -2.14. The molecule has 0 aliphatic rings. The Morgan fingerprint density at radius 2 is 2.26 bits per heavy atom. The van der Waals surface area contributed by atoms with Gasteiger partial charge in [0.1, 0.15) is 15.6 Å². The third-order valence-corrected chi connectivity index (χ3v) is 3.45. The first-order valence-corrected chi connectivity index (χ1v) is 6.54. The predicted octanol–water partition coefficient (Wildman–Crippen LogP) is 2.68. The van der Waals surface area contributed by atoms with Gasteiger partial charge >= 0.3 is 0 Å². The number of nitrogens with zero attached hydrogens (tertiary/aromatic N) is 1. The number of aromatic nitrogens is 1. The first-order valence-electron chi connectivity index (χ1n) is 5.73. The van der Waals surface area contributed by atoms with Crippen LogP contribution in [0.5, 0.6) is 5.75 Å². The fraction of sp³-hybridized carbons (Fsp3) is 0.143. The van der Waals surface area contributed by atoms with Gasteiger partial charge in [-0.15, -0.1) is 11.3 Å². The number of benzene rings is 1. The summed E-state index contributed by atoms with van der Waals surface area (Å²) in [4.78, 5) is 16.2. The zero-order chi connectivity index (χ0) is 13.7. The minimum atomic E-state index is -0.112. The third-order valence-electron chi connectivity index (χ3n) is 2.49. The number of carbonyl (C=O) groups excluding carboxylic acids is 1. The summed E-state index contributed by atoms with van der Waals surface area (Å²) >= 11 is 1.35. The van der Waals surface area contributed by atoms with Crippen LogP contribution in [-0.4, -0.2) is 25.0 Å². The molecule has 0 fully saturated rings. The van der Waals surface area contributed by atoms with Gasteiger partial charge in [-0.2, -0.15) is 0 Å². The van der Waals surface area contributed by atoms with Crippen LogP contribution >= 0.6 is 11.3 Å². The first kappa shape index (κ1) is 13.3. The highest BCUT2D eigenvalue weighted by Crippen LogP contribution is 2.18. The molecule has 1 heterocycles. The first-order chi connectivity index (χ1) is 9.22. The van der Waals surface area contributed by atoms with Gasteiger partial charge < -0.3 is 10.1 Å². The van der Waals surface area contributed by atoms with Crippen LogP contribution in [-0.2, 0) is 0 Å². The van der Waals surface area contributed by atoms with E-state index in [0.29, 0.717) is 4.88 Å². The zero-order valence-electron chi connectivity index (χ0n) is 10.7. The van der Waals surface area contributed by atoms with Crippen molar-refractivity contribution < 1.29 is 9.53 Å². The SMILES string of the molecule is CNC(=O)c1cnc(C=Cc2cccc(OC)c2)s1. The molecule has 0 unspecified atom stereocenters. The fourth-order valence-electron chi connectivity index (χ4n) is 1.51. The van der Waals surface area contributed by atoms with Crippen molar-refractivity contribution in [1.82, 2.24) is 10.3 Å². The molecule has 19 heavy (non-hydrogen) atoms. The van der Waals surface area contributed by atoms with Crippen LogP contribution in [0.15, 0.2) is 30.5 Å². The minimum absolute atomic E-state index is 0.112. The van der Waals surface area contributed by atoms with Gasteiger partial charge in [0.25, 0.3) is 5.91 Å². The van der Waals surface area contributed by atoms with Crippen molar-refractivity contribution in [2.45, 2.75) is 0 Å². The summed E-state index contributed by atoms with van der Waals surface area (Å²) in [5.41, 5.74) is 1.02. The summed E-state index contributed by atoms with van der Waals surface area (Å²) in [6, 6.07) is 7.73. The lowest BCUT2D eigenvalue weighted by Gasteiger charge is -1.99. The van der Waals surface area contributed by atoms with Crippen LogP contribution in [0.1, 0.15) is 20.2 Å². The molecule has 0 saturated heterocycles. The molecule has 0 atom stereocenters. The summed E-state index contributed by atoms with van der Waals surface area (Å²) < 4.78 is 5.16. The molecule has 0 saturated carbocycles. The monoisotopic (exact) mass is 274 g/mol. The van der Waals surface area contributed by atoms with Gasteiger partial charge in [0.05, 0.1) is 13.3 Å². The molecule has 0 aliphatic heterocycles. The van der Waals surface area contributed by atoms with E-state index in [-0.39, 0.29) is 5.91 Å². The summed E-state index contributed by atoms with van der Waals surface area (Å²) in [5.74, 6) is 0.700. The van der Waals surface area contributed by atoms with Gasteiger partial charge in [-0.1, -0.05) is 18.2 Å². The number of ether oxygens (including phenoxy) is 1. The van der Waals surface area contributed by atoms with Crippen molar-refractivity contribution in [2.75, 3.05) is 14.2 Å². The van der Waals surface area contributed by atoms with E-state index in [1.807, 2.05) is 36.4 Å². The van der Waals surface area contributed by atoms with E-state index in [4.69, 9.17) is 4.74 Å². The largest absolute Gasteiger partial charge is 0.497 e. The number of nitrogens with one attached hydrogen (secondary N) is 1. The molecular formula is C14H14N2O2S. The topological polar surface area (TPSA) is 51.2 Å². The summed E-state index contributed by atoms with van der Waals surface area (Å²) in [6.45, 7) is 0. The molecule has 0 aliphatic carbocycles. The lowest BCUT2D eigenvalue weighted by atomic mass is 10.2. The second kappa shape index (κ2) is 6.15. The second-order valence-electron chi connectivity index (χ2n) is 3.75. The molecule has 1 aromatic heterocycles. The van der Waals surface area contributed by atoms with Crippen molar-refractivity contribution in [1.29, 1.82) is 0 Å². The molecule has 4 nitrogen and oxygen atoms in total. The Bertz CT molecular complexity index is 605. The Balaban J connectivity index is 2.13. The maximum Gasteiger partial charge on any atom is 0.262 e. The van der Waals surface area contributed by atoms with Gasteiger partial charge in [-0.05, 0) is 23.8 Å². The van der Waals surface area contributed by atoms with E-state index in [0.717, 1.165) is 16.3 Å². The van der Waals surface area contributed by atoms with Crippen molar-refractivity contribution in [3.8, 4) is 5.75 Å². The highest BCUT2D eigenvalue weighted by molar-refractivity contribution is 7.14. The van der Waals surface area contributed by atoms with E-state index in [9.17, 15) is 4.79 Å². The minimum Gasteiger partial charge on any atom is -0.497 e. The number of hydrogen-bond acceptors (Lipinski definition) is 4. The van der Waals surface area contributed by atoms with E-state index < -0.39 is 0 Å². The standard InChI is InChI=1S/C14H14N2O2S/c1-15-14(17)12-9-16-13(19-12)7-6-10-4-3-5-11(8-10)18-2/h3-9H,1-2H3,(H,15,17). The molecule has 0 bridgehead atoms. The van der Waals surface area contributed by atoms with Crippen molar-refractivity contribution in [2.24, 2.45) is 0 Å². The van der Waals surface area contributed by atoms with Crippen LogP contribution in [0.3, 0.4) is 0 Å². The molecule has 0 spiro atoms. The van der Waals surface area contributed by atoms with Gasteiger partial charge in [0.15, 0.2) is 0 Å². The normalized spacial score (nSPS) is 10.6. The number of methoxy groups -OCH3 is 1. The molecule has 1 N–H and O–H groups in total. The fourth-order valence-corrected chi connectivity index (χ4v) is 2.27. The summed E-state index contributed by atoms with van der Waals surface area (Å²) in [7, 11) is 3.24. The Morgan fingerprint density at radius 3 is 3.00 bits per heavy atom. The number of rotatable bonds is 4. The van der Waals surface area contributed by atoms with Crippen molar-refractivity contribution in [3.05, 3.63) is 45.9 Å². The molecule has 0 radical (unpaired) electrons. The highest BCUT2D eigenvalue weighted by Gasteiger charge is 2.06. The van der Waals surface area contributed by atoms with Crippen LogP contribution in [0.2, 0.25) is 0 Å². The average molecular weight is 274 g/mol. The average Bonchev–Trinajstić information content (AvgIpc) is 2.93. The zero-order valence-corrected chi connectivity index (χ0v) is 11.5. The molecule has 2 aromatic rings. The number of carbonyl (C=O) groups is 1. The molecule has 1 aromatic carbocycles. The van der Waals surface area contributed by atoms with Crippen LogP contribution in [0.25, 0.3) is 12.2 Å². The van der Waals surface area contributed by atoms with Crippen LogP contribution in [0, 0.1) is 0 Å². The van der Waals surface area contributed by atoms with E-state index >= 15 is 0 Å². The maximum atomic E-state index is 11.4. The van der Waals surface area contributed by atoms with Crippen LogP contribution < -0.4 is 10.1 Å². The van der Waals surface area contributed by atoms with E-state index in [2.05, 4.69) is 10.3 Å². The lowest BCUT2D eigenvalue weighted by Crippen LogP contribution is -2.16. The maximum absolute atomic E-state index is 11.4. The molecule has 5 heteroatoms.